The van der Waals surface area contributed by atoms with Crippen molar-refractivity contribution in [3.8, 4) is 0 Å². The lowest BCUT2D eigenvalue weighted by atomic mass is 9.91. The zero-order valence-electron chi connectivity index (χ0n) is 12.0. The first-order valence-electron chi connectivity index (χ1n) is 6.80. The van der Waals surface area contributed by atoms with E-state index < -0.39 is 0 Å². The molecule has 1 aromatic heterocycles. The monoisotopic (exact) mass is 313 g/mol. The SMILES string of the molecule is CC(C)C1CCNc2c(Br)c(CC(C)(C)C)nn21. The molecule has 1 atom stereocenters. The molecule has 0 amide bonds. The number of halogens is 1. The van der Waals surface area contributed by atoms with Crippen LogP contribution in [0.3, 0.4) is 0 Å². The maximum atomic E-state index is 4.85. The third-order valence-corrected chi connectivity index (χ3v) is 4.27. The Morgan fingerprint density at radius 1 is 1.44 bits per heavy atom. The lowest BCUT2D eigenvalue weighted by Crippen LogP contribution is -2.27. The smallest absolute Gasteiger partial charge is 0.139 e. The van der Waals surface area contributed by atoms with Gasteiger partial charge in [-0.1, -0.05) is 34.6 Å². The van der Waals surface area contributed by atoms with Gasteiger partial charge in [-0.2, -0.15) is 5.10 Å². The highest BCUT2D eigenvalue weighted by atomic mass is 79.9. The van der Waals surface area contributed by atoms with Crippen molar-refractivity contribution < 1.29 is 0 Å². The number of hydrogen-bond donors (Lipinski definition) is 1. The molecule has 0 aromatic carbocycles. The molecule has 0 aliphatic carbocycles. The molecule has 0 bridgehead atoms. The highest BCUT2D eigenvalue weighted by Crippen LogP contribution is 2.37. The summed E-state index contributed by atoms with van der Waals surface area (Å²) in [7, 11) is 0. The van der Waals surface area contributed by atoms with E-state index in [1.165, 1.54) is 11.5 Å². The summed E-state index contributed by atoms with van der Waals surface area (Å²) in [6.45, 7) is 12.4. The molecule has 4 heteroatoms. The second-order valence-electron chi connectivity index (χ2n) is 6.82. The lowest BCUT2D eigenvalue weighted by molar-refractivity contribution is 0.318. The maximum absolute atomic E-state index is 4.85. The summed E-state index contributed by atoms with van der Waals surface area (Å²) in [5, 5.41) is 8.32. The van der Waals surface area contributed by atoms with Gasteiger partial charge in [0.05, 0.1) is 16.2 Å². The van der Waals surface area contributed by atoms with E-state index >= 15 is 0 Å². The van der Waals surface area contributed by atoms with Crippen molar-refractivity contribution in [1.82, 2.24) is 9.78 Å². The number of nitrogens with one attached hydrogen (secondary N) is 1. The van der Waals surface area contributed by atoms with E-state index in [9.17, 15) is 0 Å². The predicted octanol–water partition coefficient (Wildman–Crippen LogP) is 4.25. The van der Waals surface area contributed by atoms with Crippen LogP contribution in [0.4, 0.5) is 5.82 Å². The van der Waals surface area contributed by atoms with Crippen LogP contribution in [0.15, 0.2) is 4.47 Å². The maximum Gasteiger partial charge on any atom is 0.139 e. The van der Waals surface area contributed by atoms with Gasteiger partial charge in [0.15, 0.2) is 0 Å². The quantitative estimate of drug-likeness (QED) is 0.884. The number of aromatic nitrogens is 2. The van der Waals surface area contributed by atoms with Crippen molar-refractivity contribution in [1.29, 1.82) is 0 Å². The van der Waals surface area contributed by atoms with Crippen LogP contribution in [0.25, 0.3) is 0 Å². The third-order valence-electron chi connectivity index (χ3n) is 3.43. The Bertz CT molecular complexity index is 429. The average molecular weight is 314 g/mol. The van der Waals surface area contributed by atoms with Crippen molar-refractivity contribution in [3.63, 3.8) is 0 Å². The first kappa shape index (κ1) is 13.9. The Kier molecular flexibility index (Phi) is 3.77. The highest BCUT2D eigenvalue weighted by molar-refractivity contribution is 9.10. The molecule has 0 saturated heterocycles. The molecule has 0 fully saturated rings. The first-order chi connectivity index (χ1) is 8.29. The van der Waals surface area contributed by atoms with E-state index in [4.69, 9.17) is 5.10 Å². The Balaban J connectivity index is 2.37. The molecule has 0 spiro atoms. The van der Waals surface area contributed by atoms with E-state index in [1.807, 2.05) is 0 Å². The molecular weight excluding hydrogens is 290 g/mol. The zero-order valence-corrected chi connectivity index (χ0v) is 13.6. The fourth-order valence-corrected chi connectivity index (χ4v) is 3.09. The molecule has 18 heavy (non-hydrogen) atoms. The number of fused-ring (bicyclic) bond motifs is 1. The molecule has 1 aromatic rings. The number of hydrogen-bond acceptors (Lipinski definition) is 2. The van der Waals surface area contributed by atoms with Crippen LogP contribution >= 0.6 is 15.9 Å². The van der Waals surface area contributed by atoms with Gasteiger partial charge in [0, 0.05) is 6.54 Å². The van der Waals surface area contributed by atoms with Crippen LogP contribution in [0.5, 0.6) is 0 Å². The first-order valence-corrected chi connectivity index (χ1v) is 7.59. The average Bonchev–Trinajstić information content (AvgIpc) is 2.53. The van der Waals surface area contributed by atoms with Gasteiger partial charge in [0.25, 0.3) is 0 Å². The summed E-state index contributed by atoms with van der Waals surface area (Å²) in [5.74, 6) is 1.79. The van der Waals surface area contributed by atoms with Crippen molar-refractivity contribution in [2.75, 3.05) is 11.9 Å². The van der Waals surface area contributed by atoms with E-state index in [0.717, 1.165) is 23.9 Å². The van der Waals surface area contributed by atoms with E-state index in [0.29, 0.717) is 12.0 Å². The van der Waals surface area contributed by atoms with Gasteiger partial charge in [0.2, 0.25) is 0 Å². The van der Waals surface area contributed by atoms with Gasteiger partial charge in [-0.25, -0.2) is 4.68 Å². The fraction of sp³-hybridized carbons (Fsp3) is 0.786. The Morgan fingerprint density at radius 2 is 2.11 bits per heavy atom. The van der Waals surface area contributed by atoms with Gasteiger partial charge >= 0.3 is 0 Å². The van der Waals surface area contributed by atoms with Crippen LogP contribution in [0.2, 0.25) is 0 Å². The van der Waals surface area contributed by atoms with E-state index in [-0.39, 0.29) is 5.41 Å². The van der Waals surface area contributed by atoms with Crippen LogP contribution in [0, 0.1) is 11.3 Å². The van der Waals surface area contributed by atoms with Crippen LogP contribution < -0.4 is 5.32 Å². The van der Waals surface area contributed by atoms with Crippen molar-refractivity contribution in [2.45, 2.75) is 53.5 Å². The predicted molar refractivity (Wildman–Crippen MR) is 80.1 cm³/mol. The van der Waals surface area contributed by atoms with E-state index in [1.54, 1.807) is 0 Å². The normalized spacial score (nSPS) is 19.8. The summed E-state index contributed by atoms with van der Waals surface area (Å²) in [4.78, 5) is 0. The van der Waals surface area contributed by atoms with Gasteiger partial charge in [-0.15, -0.1) is 0 Å². The lowest BCUT2D eigenvalue weighted by Gasteiger charge is -2.28. The summed E-state index contributed by atoms with van der Waals surface area (Å²) in [5.41, 5.74) is 1.44. The molecule has 3 nitrogen and oxygen atoms in total. The molecule has 1 N–H and O–H groups in total. The minimum Gasteiger partial charge on any atom is -0.369 e. The molecule has 1 aliphatic rings. The standard InChI is InChI=1S/C14H24BrN3/c1-9(2)11-6-7-16-13-12(15)10(17-18(11)13)8-14(3,4)5/h9,11,16H,6-8H2,1-5H3. The van der Waals surface area contributed by atoms with Crippen LogP contribution in [-0.2, 0) is 6.42 Å². The topological polar surface area (TPSA) is 29.9 Å². The van der Waals surface area contributed by atoms with Gasteiger partial charge in [0.1, 0.15) is 5.82 Å². The fourth-order valence-electron chi connectivity index (χ4n) is 2.55. The van der Waals surface area contributed by atoms with Gasteiger partial charge < -0.3 is 5.32 Å². The molecular formula is C14H24BrN3. The third kappa shape index (κ3) is 2.73. The molecule has 0 saturated carbocycles. The molecule has 102 valence electrons. The van der Waals surface area contributed by atoms with Crippen LogP contribution in [0.1, 0.15) is 52.8 Å². The minimum absolute atomic E-state index is 0.264. The van der Waals surface area contributed by atoms with Crippen molar-refractivity contribution >= 4 is 21.7 Å². The Morgan fingerprint density at radius 3 is 2.67 bits per heavy atom. The second-order valence-corrected chi connectivity index (χ2v) is 7.61. The zero-order chi connectivity index (χ0) is 13.5. The van der Waals surface area contributed by atoms with E-state index in [2.05, 4.69) is 60.5 Å². The number of nitrogens with zero attached hydrogens (tertiary/aromatic N) is 2. The van der Waals surface area contributed by atoms with Gasteiger partial charge in [-0.3, -0.25) is 0 Å². The van der Waals surface area contributed by atoms with Crippen molar-refractivity contribution in [2.24, 2.45) is 11.3 Å². The highest BCUT2D eigenvalue weighted by Gasteiger charge is 2.28. The molecule has 0 radical (unpaired) electrons. The second kappa shape index (κ2) is 4.87. The molecule has 2 heterocycles. The van der Waals surface area contributed by atoms with Gasteiger partial charge in [-0.05, 0) is 40.1 Å². The van der Waals surface area contributed by atoms with Crippen LogP contribution in [-0.4, -0.2) is 16.3 Å². The number of rotatable bonds is 2. The Hall–Kier alpha value is -0.510. The summed E-state index contributed by atoms with van der Waals surface area (Å²) >= 11 is 3.72. The van der Waals surface area contributed by atoms with Crippen molar-refractivity contribution in [3.05, 3.63) is 10.2 Å². The minimum atomic E-state index is 0.264. The largest absolute Gasteiger partial charge is 0.369 e. The summed E-state index contributed by atoms with van der Waals surface area (Å²) in [6, 6.07) is 0.520. The number of anilines is 1. The molecule has 2 rings (SSSR count). The molecule has 1 unspecified atom stereocenters. The Labute approximate surface area is 118 Å². The summed E-state index contributed by atoms with van der Waals surface area (Å²) in [6.07, 6.45) is 2.16. The summed E-state index contributed by atoms with van der Waals surface area (Å²) < 4.78 is 3.35. The molecule has 1 aliphatic heterocycles.